The fourth-order valence-electron chi connectivity index (χ4n) is 8.34. The highest BCUT2D eigenvalue weighted by atomic mass is 16.3. The second kappa shape index (κ2) is 3.61. The zero-order valence-electron chi connectivity index (χ0n) is 14.7. The fourth-order valence-corrected chi connectivity index (χ4v) is 8.34. The Morgan fingerprint density at radius 2 is 1.74 bits per heavy atom. The standard InChI is InChI=1S/C20H28O3/c1-17(2)11-5-8-20-12(18(11,3)7-6-13(17)21)9-10-14(15(20)22)19(10,4)16(20)23/h10-12,14,16,23H,5-9H2,1-4H3/t10-,11+,12-,14?,16+,18+,19+,20-/m0/s1. The monoisotopic (exact) mass is 316 g/mol. The summed E-state index contributed by atoms with van der Waals surface area (Å²) < 4.78 is 0. The van der Waals surface area contributed by atoms with Crippen LogP contribution in [0, 0.1) is 45.3 Å². The van der Waals surface area contributed by atoms with Gasteiger partial charge in [-0.2, -0.15) is 0 Å². The van der Waals surface area contributed by atoms with Crippen molar-refractivity contribution in [1.82, 2.24) is 0 Å². The third-order valence-corrected chi connectivity index (χ3v) is 9.61. The lowest BCUT2D eigenvalue weighted by molar-refractivity contribution is -0.199. The molecule has 6 aliphatic carbocycles. The van der Waals surface area contributed by atoms with Gasteiger partial charge in [-0.05, 0) is 48.9 Å². The van der Waals surface area contributed by atoms with Gasteiger partial charge >= 0.3 is 0 Å². The first-order chi connectivity index (χ1) is 10.6. The fraction of sp³-hybridized carbons (Fsp3) is 0.900. The van der Waals surface area contributed by atoms with E-state index in [1.165, 1.54) is 0 Å². The van der Waals surface area contributed by atoms with Crippen LogP contribution in [0.15, 0.2) is 0 Å². The van der Waals surface area contributed by atoms with E-state index in [1.807, 2.05) is 0 Å². The average molecular weight is 316 g/mol. The van der Waals surface area contributed by atoms with Crippen LogP contribution in [-0.2, 0) is 9.59 Å². The van der Waals surface area contributed by atoms with E-state index >= 15 is 0 Å². The van der Waals surface area contributed by atoms with Crippen molar-refractivity contribution in [3.8, 4) is 0 Å². The van der Waals surface area contributed by atoms with Gasteiger partial charge in [0.05, 0.1) is 11.5 Å². The number of hydrogen-bond acceptors (Lipinski definition) is 3. The molecule has 1 N–H and O–H groups in total. The summed E-state index contributed by atoms with van der Waals surface area (Å²) >= 11 is 0. The third-order valence-electron chi connectivity index (χ3n) is 9.61. The van der Waals surface area contributed by atoms with Crippen LogP contribution in [0.25, 0.3) is 0 Å². The normalized spacial score (nSPS) is 61.9. The Bertz CT molecular complexity index is 651. The van der Waals surface area contributed by atoms with Gasteiger partial charge in [0, 0.05) is 23.2 Å². The quantitative estimate of drug-likeness (QED) is 0.747. The minimum absolute atomic E-state index is 0.0290. The average Bonchev–Trinajstić information content (AvgIpc) is 3.07. The molecule has 23 heavy (non-hydrogen) atoms. The maximum absolute atomic E-state index is 13.2. The van der Waals surface area contributed by atoms with Gasteiger partial charge in [-0.15, -0.1) is 0 Å². The van der Waals surface area contributed by atoms with Crippen LogP contribution in [-0.4, -0.2) is 22.8 Å². The molecule has 0 aromatic rings. The van der Waals surface area contributed by atoms with E-state index in [0.717, 1.165) is 25.7 Å². The van der Waals surface area contributed by atoms with E-state index in [9.17, 15) is 14.7 Å². The first-order valence-corrected chi connectivity index (χ1v) is 9.38. The summed E-state index contributed by atoms with van der Waals surface area (Å²) in [6, 6.07) is 0. The van der Waals surface area contributed by atoms with Gasteiger partial charge < -0.3 is 5.11 Å². The van der Waals surface area contributed by atoms with Crippen molar-refractivity contribution < 1.29 is 14.7 Å². The molecule has 6 saturated carbocycles. The van der Waals surface area contributed by atoms with Gasteiger partial charge in [-0.25, -0.2) is 0 Å². The van der Waals surface area contributed by atoms with Crippen LogP contribution in [0.1, 0.15) is 59.8 Å². The van der Waals surface area contributed by atoms with Crippen molar-refractivity contribution in [2.24, 2.45) is 45.3 Å². The van der Waals surface area contributed by atoms with E-state index in [4.69, 9.17) is 0 Å². The summed E-state index contributed by atoms with van der Waals surface area (Å²) in [6.45, 7) is 8.69. The molecule has 3 nitrogen and oxygen atoms in total. The molecule has 1 unspecified atom stereocenters. The molecule has 6 fully saturated rings. The Kier molecular flexibility index (Phi) is 2.30. The summed E-state index contributed by atoms with van der Waals surface area (Å²) in [5, 5.41) is 11.1. The van der Waals surface area contributed by atoms with Crippen molar-refractivity contribution in [3.05, 3.63) is 0 Å². The SMILES string of the molecule is CC1(C)C(=O)CC[C@]2(C)[C@@H]1CC[C@@]13C(=O)C4[C@H](C[C@@H]21)[C@@]4(C)[C@H]3O. The molecule has 0 aliphatic heterocycles. The Balaban J connectivity index is 1.64. The number of Topliss-reactive ketones (excluding diaryl/α,β-unsaturated/α-hetero) is 2. The van der Waals surface area contributed by atoms with E-state index in [-0.39, 0.29) is 28.1 Å². The van der Waals surface area contributed by atoms with Crippen molar-refractivity contribution >= 4 is 11.6 Å². The number of aliphatic hydroxyl groups excluding tert-OH is 1. The lowest BCUT2D eigenvalue weighted by Crippen LogP contribution is -2.65. The number of fused-ring (bicyclic) bond motifs is 1. The van der Waals surface area contributed by atoms with Crippen molar-refractivity contribution in [1.29, 1.82) is 0 Å². The lowest BCUT2D eigenvalue weighted by Gasteiger charge is -2.64. The molecule has 0 amide bonds. The van der Waals surface area contributed by atoms with Gasteiger partial charge in [0.1, 0.15) is 11.6 Å². The zero-order valence-corrected chi connectivity index (χ0v) is 14.7. The van der Waals surface area contributed by atoms with Crippen LogP contribution in [0.2, 0.25) is 0 Å². The molecule has 6 rings (SSSR count). The molecule has 4 bridgehead atoms. The Morgan fingerprint density at radius 3 is 2.35 bits per heavy atom. The molecule has 6 aliphatic rings. The maximum Gasteiger partial charge on any atom is 0.145 e. The number of carbonyl (C=O) groups excluding carboxylic acids is 2. The predicted octanol–water partition coefficient (Wildman–Crippen LogP) is 2.99. The molecule has 8 atom stereocenters. The van der Waals surface area contributed by atoms with Crippen molar-refractivity contribution in [2.75, 3.05) is 0 Å². The van der Waals surface area contributed by atoms with Crippen molar-refractivity contribution in [2.45, 2.75) is 65.9 Å². The summed E-state index contributed by atoms with van der Waals surface area (Å²) in [6.07, 6.45) is 3.91. The third kappa shape index (κ3) is 1.20. The van der Waals surface area contributed by atoms with E-state index < -0.39 is 11.5 Å². The van der Waals surface area contributed by atoms with E-state index in [1.54, 1.807) is 0 Å². The van der Waals surface area contributed by atoms with Gasteiger partial charge in [0.25, 0.3) is 0 Å². The topological polar surface area (TPSA) is 54.4 Å². The molecule has 0 aromatic heterocycles. The summed E-state index contributed by atoms with van der Waals surface area (Å²) in [5.41, 5.74) is -0.871. The molecular weight excluding hydrogens is 288 g/mol. The Labute approximate surface area is 138 Å². The number of ketones is 2. The van der Waals surface area contributed by atoms with Crippen LogP contribution in [0.5, 0.6) is 0 Å². The smallest absolute Gasteiger partial charge is 0.145 e. The summed E-state index contributed by atoms with van der Waals surface area (Å²) in [5.74, 6) is 1.93. The number of carbonyl (C=O) groups is 2. The molecule has 126 valence electrons. The predicted molar refractivity (Wildman–Crippen MR) is 85.5 cm³/mol. The van der Waals surface area contributed by atoms with Gasteiger partial charge in [-0.3, -0.25) is 9.59 Å². The second-order valence-electron chi connectivity index (χ2n) is 10.3. The van der Waals surface area contributed by atoms with E-state index in [0.29, 0.717) is 29.8 Å². The van der Waals surface area contributed by atoms with E-state index in [2.05, 4.69) is 27.7 Å². The minimum Gasteiger partial charge on any atom is -0.391 e. The van der Waals surface area contributed by atoms with Crippen LogP contribution in [0.4, 0.5) is 0 Å². The molecule has 0 heterocycles. The molecule has 3 heteroatoms. The molecule has 0 radical (unpaired) electrons. The summed E-state index contributed by atoms with van der Waals surface area (Å²) in [7, 11) is 0. The Morgan fingerprint density at radius 1 is 1.04 bits per heavy atom. The molecule has 0 aromatic carbocycles. The largest absolute Gasteiger partial charge is 0.391 e. The van der Waals surface area contributed by atoms with Crippen molar-refractivity contribution in [3.63, 3.8) is 0 Å². The lowest BCUT2D eigenvalue weighted by atomic mass is 9.39. The number of aliphatic hydroxyl groups is 1. The maximum atomic E-state index is 13.2. The van der Waals surface area contributed by atoms with Gasteiger partial charge in [0.15, 0.2) is 0 Å². The summed E-state index contributed by atoms with van der Waals surface area (Å²) in [4.78, 5) is 25.7. The van der Waals surface area contributed by atoms with Gasteiger partial charge in [0.2, 0.25) is 0 Å². The first-order valence-electron chi connectivity index (χ1n) is 9.38. The number of hydrogen-bond donors (Lipinski definition) is 1. The molecule has 1 spiro atoms. The Hall–Kier alpha value is -0.700. The highest BCUT2D eigenvalue weighted by Crippen LogP contribution is 2.83. The van der Waals surface area contributed by atoms with Crippen LogP contribution in [0.3, 0.4) is 0 Å². The zero-order chi connectivity index (χ0) is 16.6. The highest BCUT2D eigenvalue weighted by molar-refractivity contribution is 5.97. The van der Waals surface area contributed by atoms with Crippen LogP contribution >= 0.6 is 0 Å². The van der Waals surface area contributed by atoms with Crippen LogP contribution < -0.4 is 0 Å². The molecular formula is C20H28O3. The second-order valence-corrected chi connectivity index (χ2v) is 10.3. The van der Waals surface area contributed by atoms with Gasteiger partial charge in [-0.1, -0.05) is 27.7 Å². The first kappa shape index (κ1) is 14.6. The highest BCUT2D eigenvalue weighted by Gasteiger charge is 2.87. The minimum atomic E-state index is -0.490. The molecule has 0 saturated heterocycles. The number of rotatable bonds is 0.